The van der Waals surface area contributed by atoms with E-state index in [9.17, 15) is 24.6 Å². The molecule has 4 aromatic rings. The molecule has 3 amide bonds. The highest BCUT2D eigenvalue weighted by molar-refractivity contribution is 6.30. The molecule has 2 bridgehead atoms. The van der Waals surface area contributed by atoms with Crippen LogP contribution in [0, 0.1) is 5.92 Å². The number of fused-ring (bicyclic) bond motifs is 5. The van der Waals surface area contributed by atoms with Crippen molar-refractivity contribution in [1.82, 2.24) is 35.5 Å². The third-order valence-electron chi connectivity index (χ3n) is 7.59. The number of aromatic nitrogens is 6. The highest BCUT2D eigenvalue weighted by Crippen LogP contribution is 2.53. The first-order valence-corrected chi connectivity index (χ1v) is 13.8. The third kappa shape index (κ3) is 5.75. The quantitative estimate of drug-likeness (QED) is 0.179. The molecule has 226 valence electrons. The highest BCUT2D eigenvalue weighted by Gasteiger charge is 2.62. The SMILES string of the molecule is COC(=O)Nc1ccc2c(c1)NC(=O)CC(O)C1(O)CC1[C@H](NC(=O)/C=C/c1cc(Cl)ccc1-n1cnnn1)c1ncc-2[nH]1. The summed E-state index contributed by atoms with van der Waals surface area (Å²) in [6.45, 7) is 0. The lowest BCUT2D eigenvalue weighted by atomic mass is 10.0. The minimum atomic E-state index is -1.65. The Morgan fingerprint density at radius 3 is 2.86 bits per heavy atom. The van der Waals surface area contributed by atoms with E-state index >= 15 is 0 Å². The number of anilines is 2. The van der Waals surface area contributed by atoms with Crippen LogP contribution < -0.4 is 16.0 Å². The summed E-state index contributed by atoms with van der Waals surface area (Å²) in [4.78, 5) is 45.5. The van der Waals surface area contributed by atoms with Crippen LogP contribution in [0.3, 0.4) is 0 Å². The van der Waals surface area contributed by atoms with E-state index in [0.717, 1.165) is 0 Å². The molecule has 4 atom stereocenters. The van der Waals surface area contributed by atoms with Crippen LogP contribution in [0.1, 0.15) is 30.3 Å². The number of hydrogen-bond donors (Lipinski definition) is 6. The Hall–Kier alpha value is -5.12. The van der Waals surface area contributed by atoms with E-state index < -0.39 is 48.0 Å². The van der Waals surface area contributed by atoms with E-state index in [0.29, 0.717) is 44.7 Å². The molecule has 2 aromatic heterocycles. The monoisotopic (exact) mass is 619 g/mol. The number of methoxy groups -OCH3 is 1. The molecule has 16 heteroatoms. The van der Waals surface area contributed by atoms with Gasteiger partial charge in [0.25, 0.3) is 0 Å². The van der Waals surface area contributed by atoms with Crippen molar-refractivity contribution in [2.24, 2.45) is 5.92 Å². The van der Waals surface area contributed by atoms with Gasteiger partial charge in [-0.2, -0.15) is 4.68 Å². The number of ether oxygens (including phenoxy) is 1. The van der Waals surface area contributed by atoms with Gasteiger partial charge in [0, 0.05) is 33.8 Å². The predicted molar refractivity (Wildman–Crippen MR) is 156 cm³/mol. The fourth-order valence-corrected chi connectivity index (χ4v) is 5.44. The van der Waals surface area contributed by atoms with Gasteiger partial charge in [-0.3, -0.25) is 14.9 Å². The summed E-state index contributed by atoms with van der Waals surface area (Å²) in [6, 6.07) is 9.00. The zero-order chi connectivity index (χ0) is 31.0. The van der Waals surface area contributed by atoms with E-state index in [-0.39, 0.29) is 6.42 Å². The van der Waals surface area contributed by atoms with Crippen molar-refractivity contribution in [2.45, 2.75) is 30.6 Å². The Labute approximate surface area is 254 Å². The van der Waals surface area contributed by atoms with Crippen LogP contribution in [-0.4, -0.2) is 77.1 Å². The van der Waals surface area contributed by atoms with Crippen molar-refractivity contribution >= 4 is 47.0 Å². The van der Waals surface area contributed by atoms with Gasteiger partial charge in [0.05, 0.1) is 54.5 Å². The maximum Gasteiger partial charge on any atom is 0.411 e. The number of carbonyl (C=O) groups excluding carboxylic acids is 3. The fraction of sp³-hybridized carbons (Fsp3) is 0.250. The Bertz CT molecular complexity index is 1770. The number of carbonyl (C=O) groups is 3. The Balaban J connectivity index is 1.31. The minimum absolute atomic E-state index is 0.115. The van der Waals surface area contributed by atoms with Crippen LogP contribution in [-0.2, 0) is 14.3 Å². The molecule has 1 fully saturated rings. The number of nitrogens with one attached hydrogen (secondary N) is 4. The highest BCUT2D eigenvalue weighted by atomic mass is 35.5. The number of hydrogen-bond acceptors (Lipinski definition) is 10. The van der Waals surface area contributed by atoms with Crippen molar-refractivity contribution in [3.8, 4) is 16.9 Å². The van der Waals surface area contributed by atoms with Gasteiger partial charge < -0.3 is 30.6 Å². The summed E-state index contributed by atoms with van der Waals surface area (Å²) >= 11 is 6.19. The molecule has 3 unspecified atom stereocenters. The van der Waals surface area contributed by atoms with Gasteiger partial charge in [-0.15, -0.1) is 5.10 Å². The third-order valence-corrected chi connectivity index (χ3v) is 7.83. The molecule has 0 radical (unpaired) electrons. The van der Waals surface area contributed by atoms with Gasteiger partial charge >= 0.3 is 6.09 Å². The number of amides is 3. The van der Waals surface area contributed by atoms with Gasteiger partial charge in [-0.05, 0) is 59.3 Å². The number of tetrazole rings is 1. The molecule has 0 spiro atoms. The van der Waals surface area contributed by atoms with Gasteiger partial charge in [-0.25, -0.2) is 9.78 Å². The number of rotatable bonds is 5. The number of benzene rings is 2. The lowest BCUT2D eigenvalue weighted by molar-refractivity contribution is -0.122. The van der Waals surface area contributed by atoms with Crippen LogP contribution in [0.5, 0.6) is 0 Å². The Kier molecular flexibility index (Phi) is 7.59. The standard InChI is InChI=1S/C28H26ClN9O6/c1-44-27(42)32-16-4-5-17-19(9-16)33-24(41)10-22(39)28(43)11-18(28)25(26-30-12-20(17)34-26)35-23(40)7-2-14-8-15(29)3-6-21(14)38-13-31-36-37-38/h2-9,12-13,18,22,25,39,43H,10-11H2,1H3,(H,30,34)(H,32,42)(H,33,41)(H,35,40)/b7-2+/t18?,22?,25-,28?/m0/s1. The molecule has 3 heterocycles. The number of aliphatic hydroxyl groups excluding tert-OH is 1. The zero-order valence-electron chi connectivity index (χ0n) is 23.1. The van der Waals surface area contributed by atoms with Gasteiger partial charge in [0.1, 0.15) is 12.2 Å². The lowest BCUT2D eigenvalue weighted by Gasteiger charge is -2.23. The average molecular weight is 620 g/mol. The minimum Gasteiger partial charge on any atom is -0.453 e. The first kappa shape index (κ1) is 29.0. The first-order valence-electron chi connectivity index (χ1n) is 13.4. The second-order valence-electron chi connectivity index (χ2n) is 10.4. The van der Waals surface area contributed by atoms with Crippen molar-refractivity contribution < 1.29 is 29.3 Å². The number of halogens is 1. The van der Waals surface area contributed by atoms with Crippen LogP contribution in [0.25, 0.3) is 23.0 Å². The average Bonchev–Trinajstić information content (AvgIpc) is 3.35. The number of aromatic amines is 1. The van der Waals surface area contributed by atoms with Crippen LogP contribution in [0.4, 0.5) is 16.2 Å². The summed E-state index contributed by atoms with van der Waals surface area (Å²) in [5, 5.41) is 41.9. The molecule has 1 saturated carbocycles. The Morgan fingerprint density at radius 2 is 2.09 bits per heavy atom. The largest absolute Gasteiger partial charge is 0.453 e. The molecule has 1 aliphatic carbocycles. The van der Waals surface area contributed by atoms with E-state index in [1.54, 1.807) is 36.4 Å². The Morgan fingerprint density at radius 1 is 1.25 bits per heavy atom. The van der Waals surface area contributed by atoms with Crippen molar-refractivity contribution in [3.05, 3.63) is 71.4 Å². The molecule has 44 heavy (non-hydrogen) atoms. The lowest BCUT2D eigenvalue weighted by Crippen LogP contribution is -2.38. The van der Waals surface area contributed by atoms with Gasteiger partial charge in [-0.1, -0.05) is 11.6 Å². The number of H-pyrrole nitrogens is 1. The summed E-state index contributed by atoms with van der Waals surface area (Å²) in [6.07, 6.45) is 3.38. The first-order chi connectivity index (χ1) is 21.1. The second kappa shape index (κ2) is 11.5. The zero-order valence-corrected chi connectivity index (χ0v) is 23.8. The number of nitrogens with zero attached hydrogens (tertiary/aromatic N) is 5. The van der Waals surface area contributed by atoms with Crippen molar-refractivity contribution in [3.63, 3.8) is 0 Å². The molecule has 0 saturated heterocycles. The summed E-state index contributed by atoms with van der Waals surface area (Å²) in [5.74, 6) is -1.38. The molecule has 1 aliphatic heterocycles. The van der Waals surface area contributed by atoms with E-state index in [2.05, 4.69) is 46.2 Å². The molecule has 6 rings (SSSR count). The van der Waals surface area contributed by atoms with Crippen molar-refractivity contribution in [1.29, 1.82) is 0 Å². The molecule has 15 nitrogen and oxygen atoms in total. The van der Waals surface area contributed by atoms with Gasteiger partial charge in [0.15, 0.2) is 0 Å². The van der Waals surface area contributed by atoms with Crippen LogP contribution in [0.2, 0.25) is 5.02 Å². The molecule has 2 aliphatic rings. The number of imidazole rings is 1. The number of aliphatic hydroxyl groups is 2. The molecule has 2 aromatic carbocycles. The van der Waals surface area contributed by atoms with Crippen LogP contribution >= 0.6 is 11.6 Å². The maximum absolute atomic E-state index is 13.2. The smallest absolute Gasteiger partial charge is 0.411 e. The maximum atomic E-state index is 13.2. The van der Waals surface area contributed by atoms with E-state index in [4.69, 9.17) is 11.6 Å². The second-order valence-corrected chi connectivity index (χ2v) is 10.8. The topological polar surface area (TPSA) is 209 Å². The van der Waals surface area contributed by atoms with E-state index in [1.165, 1.54) is 36.5 Å². The van der Waals surface area contributed by atoms with Crippen molar-refractivity contribution in [2.75, 3.05) is 17.7 Å². The molecular formula is C28H26ClN9O6. The van der Waals surface area contributed by atoms with Gasteiger partial charge in [0.2, 0.25) is 11.8 Å². The fourth-order valence-electron chi connectivity index (χ4n) is 5.26. The summed E-state index contributed by atoms with van der Waals surface area (Å²) < 4.78 is 6.07. The summed E-state index contributed by atoms with van der Waals surface area (Å²) in [7, 11) is 1.23. The molecular weight excluding hydrogens is 594 g/mol. The normalized spacial score (nSPS) is 22.5. The predicted octanol–water partition coefficient (Wildman–Crippen LogP) is 2.21. The van der Waals surface area contributed by atoms with E-state index in [1.807, 2.05) is 0 Å². The molecule has 6 N–H and O–H groups in total. The summed E-state index contributed by atoms with van der Waals surface area (Å²) in [5.41, 5.74) is 1.22. The van der Waals surface area contributed by atoms with Crippen LogP contribution in [0.15, 0.2) is 55.0 Å².